The third-order valence-corrected chi connectivity index (χ3v) is 6.78. The molecule has 4 aromatic rings. The first-order chi connectivity index (χ1) is 20.8. The lowest BCUT2D eigenvalue weighted by atomic mass is 9.93. The first-order valence-corrected chi connectivity index (χ1v) is 13.2. The fourth-order valence-corrected chi connectivity index (χ4v) is 4.75. The number of esters is 1. The smallest absolute Gasteiger partial charge is 0.328 e. The number of ether oxygens (including phenoxy) is 4. The molecule has 1 amide bonds. The maximum absolute atomic E-state index is 14.3. The van der Waals surface area contributed by atoms with E-state index in [2.05, 4.69) is 16.4 Å². The highest BCUT2D eigenvalue weighted by Gasteiger charge is 2.27. The van der Waals surface area contributed by atoms with Gasteiger partial charge in [-0.05, 0) is 48.4 Å². The summed E-state index contributed by atoms with van der Waals surface area (Å²) < 4.78 is 50.4. The molecule has 0 radical (unpaired) electrons. The van der Waals surface area contributed by atoms with Crippen LogP contribution in [0.5, 0.6) is 11.5 Å². The minimum atomic E-state index is -1.32. The Kier molecular flexibility index (Phi) is 9.85. The average Bonchev–Trinajstić information content (AvgIpc) is 3.02. The lowest BCUT2D eigenvalue weighted by molar-refractivity contribution is -0.142. The number of nitriles is 1. The van der Waals surface area contributed by atoms with Gasteiger partial charge in [0, 0.05) is 30.2 Å². The quantitative estimate of drug-likeness (QED) is 0.240. The van der Waals surface area contributed by atoms with Crippen LogP contribution in [-0.4, -0.2) is 50.8 Å². The van der Waals surface area contributed by atoms with Gasteiger partial charge in [0.15, 0.2) is 0 Å². The van der Waals surface area contributed by atoms with Crippen molar-refractivity contribution in [2.24, 2.45) is 0 Å². The molecule has 3 aromatic carbocycles. The second-order valence-electron chi connectivity index (χ2n) is 9.37. The zero-order valence-electron chi connectivity index (χ0n) is 24.0. The molecular weight excluding hydrogens is 560 g/mol. The Bertz CT molecular complexity index is 1670. The van der Waals surface area contributed by atoms with E-state index in [9.17, 15) is 23.6 Å². The standard InChI is InChI=1S/C32H29F2N3O6/c1-5-43-17-18-12-26(40-2)28(27(13-18)41-3)21-10-9-20(22-11-19(15-35)16-36-30(21)22)14-25(32(39)42-4)37-31(38)29-23(33)7-6-8-24(29)34/h6-13,16,25H,5,14,17H2,1-4H3,(H,37,38)/t25-/m0/s1. The number of hydrogen-bond acceptors (Lipinski definition) is 8. The molecule has 0 aliphatic carbocycles. The maximum Gasteiger partial charge on any atom is 0.328 e. The minimum absolute atomic E-state index is 0.136. The summed E-state index contributed by atoms with van der Waals surface area (Å²) in [6.07, 6.45) is 1.28. The van der Waals surface area contributed by atoms with E-state index < -0.39 is 35.1 Å². The van der Waals surface area contributed by atoms with Crippen molar-refractivity contribution in [1.82, 2.24) is 10.3 Å². The van der Waals surface area contributed by atoms with Crippen LogP contribution in [0.4, 0.5) is 8.78 Å². The fourth-order valence-electron chi connectivity index (χ4n) is 4.75. The number of nitrogens with zero attached hydrogens (tertiary/aromatic N) is 2. The second-order valence-corrected chi connectivity index (χ2v) is 9.37. The van der Waals surface area contributed by atoms with E-state index in [4.69, 9.17) is 18.9 Å². The molecule has 0 aliphatic heterocycles. The number of amides is 1. The van der Waals surface area contributed by atoms with E-state index in [0.29, 0.717) is 52.3 Å². The Labute approximate surface area is 247 Å². The van der Waals surface area contributed by atoms with Gasteiger partial charge in [-0.25, -0.2) is 13.6 Å². The number of pyridine rings is 1. The molecule has 9 nitrogen and oxygen atoms in total. The molecule has 0 spiro atoms. The zero-order chi connectivity index (χ0) is 31.1. The van der Waals surface area contributed by atoms with Crippen molar-refractivity contribution in [2.45, 2.75) is 26.0 Å². The third kappa shape index (κ3) is 6.55. The van der Waals surface area contributed by atoms with Crippen LogP contribution in [0.2, 0.25) is 0 Å². The van der Waals surface area contributed by atoms with Gasteiger partial charge in [-0.1, -0.05) is 18.2 Å². The summed E-state index contributed by atoms with van der Waals surface area (Å²) >= 11 is 0. The van der Waals surface area contributed by atoms with Crippen LogP contribution < -0.4 is 14.8 Å². The number of rotatable bonds is 11. The van der Waals surface area contributed by atoms with Crippen LogP contribution in [0.15, 0.2) is 54.7 Å². The van der Waals surface area contributed by atoms with Gasteiger partial charge in [-0.2, -0.15) is 5.26 Å². The predicted molar refractivity (Wildman–Crippen MR) is 154 cm³/mol. The normalized spacial score (nSPS) is 11.5. The average molecular weight is 590 g/mol. The van der Waals surface area contributed by atoms with Crippen molar-refractivity contribution in [3.05, 3.63) is 88.6 Å². The molecular formula is C32H29F2N3O6. The Balaban J connectivity index is 1.83. The highest BCUT2D eigenvalue weighted by molar-refractivity contribution is 6.00. The molecule has 1 aromatic heterocycles. The first kappa shape index (κ1) is 30.9. The topological polar surface area (TPSA) is 120 Å². The van der Waals surface area contributed by atoms with Gasteiger partial charge in [0.05, 0.1) is 44.6 Å². The second kappa shape index (κ2) is 13.7. The maximum atomic E-state index is 14.3. The molecule has 11 heteroatoms. The summed E-state index contributed by atoms with van der Waals surface area (Å²) in [4.78, 5) is 30.1. The lowest BCUT2D eigenvalue weighted by Gasteiger charge is -2.20. The van der Waals surface area contributed by atoms with Crippen LogP contribution in [-0.2, 0) is 27.3 Å². The number of carbonyl (C=O) groups is 2. The molecule has 1 atom stereocenters. The fraction of sp³-hybridized carbons (Fsp3) is 0.250. The van der Waals surface area contributed by atoms with Gasteiger partial charge in [0.1, 0.15) is 40.8 Å². The molecule has 0 fully saturated rings. The van der Waals surface area contributed by atoms with Crippen LogP contribution in [0, 0.1) is 23.0 Å². The molecule has 0 unspecified atom stereocenters. The Hall–Kier alpha value is -5.08. The number of nitrogens with one attached hydrogen (secondary N) is 1. The molecule has 1 heterocycles. The number of benzene rings is 3. The van der Waals surface area contributed by atoms with E-state index >= 15 is 0 Å². The van der Waals surface area contributed by atoms with E-state index in [1.54, 1.807) is 18.2 Å². The zero-order valence-corrected chi connectivity index (χ0v) is 24.0. The third-order valence-electron chi connectivity index (χ3n) is 6.78. The van der Waals surface area contributed by atoms with Gasteiger partial charge in [-0.15, -0.1) is 0 Å². The van der Waals surface area contributed by atoms with E-state index in [1.165, 1.54) is 20.4 Å². The molecule has 222 valence electrons. The number of halogens is 2. The Morgan fingerprint density at radius 1 is 1.02 bits per heavy atom. The summed E-state index contributed by atoms with van der Waals surface area (Å²) in [6, 6.07) is 12.5. The van der Waals surface area contributed by atoms with Gasteiger partial charge < -0.3 is 24.3 Å². The monoisotopic (exact) mass is 589 g/mol. The van der Waals surface area contributed by atoms with Crippen molar-refractivity contribution in [3.8, 4) is 28.7 Å². The van der Waals surface area contributed by atoms with Gasteiger partial charge >= 0.3 is 5.97 Å². The molecule has 0 saturated heterocycles. The van der Waals surface area contributed by atoms with Crippen LogP contribution in [0.25, 0.3) is 22.0 Å². The molecule has 43 heavy (non-hydrogen) atoms. The largest absolute Gasteiger partial charge is 0.496 e. The molecule has 1 N–H and O–H groups in total. The lowest BCUT2D eigenvalue weighted by Crippen LogP contribution is -2.43. The number of carbonyl (C=O) groups excluding carboxylic acids is 2. The van der Waals surface area contributed by atoms with Crippen LogP contribution >= 0.6 is 0 Å². The Morgan fingerprint density at radius 3 is 2.28 bits per heavy atom. The van der Waals surface area contributed by atoms with Crippen molar-refractivity contribution >= 4 is 22.8 Å². The van der Waals surface area contributed by atoms with Crippen molar-refractivity contribution < 1.29 is 37.3 Å². The summed E-state index contributed by atoms with van der Waals surface area (Å²) in [5, 5.41) is 12.5. The molecule has 0 saturated carbocycles. The number of methoxy groups -OCH3 is 3. The van der Waals surface area contributed by atoms with Crippen LogP contribution in [0.3, 0.4) is 0 Å². The van der Waals surface area contributed by atoms with Gasteiger partial charge in [0.25, 0.3) is 5.91 Å². The summed E-state index contributed by atoms with van der Waals surface area (Å²) in [6.45, 7) is 2.78. The SMILES string of the molecule is CCOCc1cc(OC)c(-c2ccc(C[C@H](NC(=O)c3c(F)cccc3F)C(=O)OC)c3cc(C#N)cnc23)c(OC)c1. The minimum Gasteiger partial charge on any atom is -0.496 e. The van der Waals surface area contributed by atoms with Gasteiger partial charge in [-0.3, -0.25) is 9.78 Å². The summed E-state index contributed by atoms with van der Waals surface area (Å²) in [5.41, 5.74) is 2.46. The summed E-state index contributed by atoms with van der Waals surface area (Å²) in [7, 11) is 4.20. The highest BCUT2D eigenvalue weighted by atomic mass is 19.1. The Morgan fingerprint density at radius 2 is 1.70 bits per heavy atom. The van der Waals surface area contributed by atoms with Crippen molar-refractivity contribution in [2.75, 3.05) is 27.9 Å². The van der Waals surface area contributed by atoms with Crippen molar-refractivity contribution in [1.29, 1.82) is 5.26 Å². The number of hydrogen-bond donors (Lipinski definition) is 1. The van der Waals surface area contributed by atoms with E-state index in [0.717, 1.165) is 30.9 Å². The van der Waals surface area contributed by atoms with Crippen molar-refractivity contribution in [3.63, 3.8) is 0 Å². The summed E-state index contributed by atoms with van der Waals surface area (Å²) in [5.74, 6) is -3.10. The van der Waals surface area contributed by atoms with E-state index in [1.807, 2.05) is 19.1 Å². The van der Waals surface area contributed by atoms with E-state index in [-0.39, 0.29) is 12.0 Å². The molecule has 0 bridgehead atoms. The van der Waals surface area contributed by atoms with Gasteiger partial charge in [0.2, 0.25) is 0 Å². The number of aromatic nitrogens is 1. The van der Waals surface area contributed by atoms with Crippen LogP contribution in [0.1, 0.15) is 34.0 Å². The predicted octanol–water partition coefficient (Wildman–Crippen LogP) is 5.12. The molecule has 0 aliphatic rings. The highest BCUT2D eigenvalue weighted by Crippen LogP contribution is 2.43. The number of fused-ring (bicyclic) bond motifs is 1. The molecule has 4 rings (SSSR count). The first-order valence-electron chi connectivity index (χ1n) is 13.2.